The van der Waals surface area contributed by atoms with Crippen molar-refractivity contribution in [3.8, 4) is 23.0 Å². The van der Waals surface area contributed by atoms with Crippen molar-refractivity contribution in [2.24, 2.45) is 0 Å². The third-order valence-corrected chi connectivity index (χ3v) is 5.45. The molecule has 4 aromatic carbocycles. The fourth-order valence-corrected chi connectivity index (χ4v) is 3.41. The van der Waals surface area contributed by atoms with E-state index in [9.17, 15) is 14.7 Å². The average molecular weight is 531 g/mol. The molecule has 0 radical (unpaired) electrons. The van der Waals surface area contributed by atoms with Gasteiger partial charge in [0, 0.05) is 0 Å². The fourth-order valence-electron chi connectivity index (χ4n) is 3.41. The summed E-state index contributed by atoms with van der Waals surface area (Å²) >= 11 is 0. The van der Waals surface area contributed by atoms with Crippen LogP contribution in [0.4, 0.5) is 0 Å². The smallest absolute Gasteiger partial charge is 0.341 e. The van der Waals surface area contributed by atoms with Gasteiger partial charge in [-0.15, -0.1) is 0 Å². The summed E-state index contributed by atoms with van der Waals surface area (Å²) in [5, 5.41) is 9.57. The maximum atomic E-state index is 11.7. The van der Waals surface area contributed by atoms with Gasteiger partial charge < -0.3 is 28.8 Å². The van der Waals surface area contributed by atoms with Gasteiger partial charge in [0.1, 0.15) is 47.3 Å². The number of methoxy groups -OCH3 is 3. The predicted octanol–water partition coefficient (Wildman–Crippen LogP) is 5.82. The predicted molar refractivity (Wildman–Crippen MR) is 145 cm³/mol. The van der Waals surface area contributed by atoms with Crippen LogP contribution in [0.2, 0.25) is 0 Å². The second-order valence-electron chi connectivity index (χ2n) is 8.07. The van der Waals surface area contributed by atoms with Crippen LogP contribution in [0.3, 0.4) is 0 Å². The minimum Gasteiger partial charge on any atom is -0.507 e. The van der Waals surface area contributed by atoms with Gasteiger partial charge in [-0.05, 0) is 47.5 Å². The molecular formula is C31H30O8. The number of carbonyl (C=O) groups excluding carboxylic acids is 2. The summed E-state index contributed by atoms with van der Waals surface area (Å²) in [7, 11) is 4.10. The first-order valence-corrected chi connectivity index (χ1v) is 12.0. The minimum absolute atomic E-state index is 0.0908. The second-order valence-corrected chi connectivity index (χ2v) is 8.07. The van der Waals surface area contributed by atoms with Crippen molar-refractivity contribution in [3.05, 3.63) is 119 Å². The van der Waals surface area contributed by atoms with Crippen LogP contribution >= 0.6 is 0 Å². The zero-order chi connectivity index (χ0) is 28.0. The Hall–Kier alpha value is -4.98. The van der Waals surface area contributed by atoms with E-state index in [1.54, 1.807) is 24.3 Å². The third-order valence-electron chi connectivity index (χ3n) is 5.45. The van der Waals surface area contributed by atoms with Crippen molar-refractivity contribution in [1.82, 2.24) is 0 Å². The van der Waals surface area contributed by atoms with Crippen molar-refractivity contribution >= 4 is 11.9 Å². The Labute approximate surface area is 227 Å². The number of phenolic OH excluding ortho intramolecular Hbond substituents is 1. The molecule has 0 aliphatic carbocycles. The molecule has 0 aromatic heterocycles. The number of aromatic hydroxyl groups is 1. The van der Waals surface area contributed by atoms with Gasteiger partial charge in [-0.25, -0.2) is 9.59 Å². The van der Waals surface area contributed by atoms with Gasteiger partial charge in [0.2, 0.25) is 0 Å². The zero-order valence-electron chi connectivity index (χ0n) is 22.0. The standard InChI is InChI=1S/C16H16O4.C15H14O4/c1-18-15-9-8-13(10-14(15)16(17)19-2)20-11-12-6-4-3-5-7-12;1-18-15(17)13-9-12(7-8-14(13)16)19-10-11-5-3-2-4-6-11/h3-10H,11H2,1-2H3;2-9,16H,10H2,1H3. The molecule has 4 rings (SSSR count). The number of hydrogen-bond donors (Lipinski definition) is 1. The van der Waals surface area contributed by atoms with E-state index in [4.69, 9.17) is 18.9 Å². The highest BCUT2D eigenvalue weighted by Crippen LogP contribution is 2.26. The molecule has 1 N–H and O–H groups in total. The van der Waals surface area contributed by atoms with Gasteiger partial charge in [0.25, 0.3) is 0 Å². The fraction of sp³-hybridized carbons (Fsp3) is 0.161. The number of hydrogen-bond acceptors (Lipinski definition) is 8. The van der Waals surface area contributed by atoms with E-state index in [2.05, 4.69) is 4.74 Å². The summed E-state index contributed by atoms with van der Waals surface area (Å²) in [6.45, 7) is 0.833. The second kappa shape index (κ2) is 14.7. The van der Waals surface area contributed by atoms with E-state index in [1.807, 2.05) is 60.7 Å². The average Bonchev–Trinajstić information content (AvgIpc) is 3.00. The van der Waals surface area contributed by atoms with E-state index in [0.717, 1.165) is 11.1 Å². The summed E-state index contributed by atoms with van der Waals surface area (Å²) in [6.07, 6.45) is 0. The molecule has 0 fully saturated rings. The molecule has 0 unspecified atom stereocenters. The first kappa shape index (κ1) is 28.6. The summed E-state index contributed by atoms with van der Waals surface area (Å²) in [4.78, 5) is 23.1. The highest BCUT2D eigenvalue weighted by molar-refractivity contribution is 5.93. The lowest BCUT2D eigenvalue weighted by Gasteiger charge is -2.10. The number of carbonyl (C=O) groups is 2. The summed E-state index contributed by atoms with van der Waals surface area (Å²) in [5.41, 5.74) is 2.52. The van der Waals surface area contributed by atoms with E-state index in [0.29, 0.717) is 36.0 Å². The topological polar surface area (TPSA) is 101 Å². The first-order valence-electron chi connectivity index (χ1n) is 12.0. The number of rotatable bonds is 9. The van der Waals surface area contributed by atoms with Crippen LogP contribution in [0, 0.1) is 0 Å². The van der Waals surface area contributed by atoms with Crippen LogP contribution in [-0.4, -0.2) is 38.4 Å². The lowest BCUT2D eigenvalue weighted by Crippen LogP contribution is -2.05. The molecule has 8 nitrogen and oxygen atoms in total. The van der Waals surface area contributed by atoms with Crippen LogP contribution < -0.4 is 14.2 Å². The molecule has 0 heterocycles. The Bertz CT molecular complexity index is 1350. The maximum absolute atomic E-state index is 11.7. The molecule has 0 spiro atoms. The van der Waals surface area contributed by atoms with Crippen molar-refractivity contribution in [3.63, 3.8) is 0 Å². The minimum atomic E-state index is -0.595. The molecule has 202 valence electrons. The number of esters is 2. The molecule has 4 aromatic rings. The normalized spacial score (nSPS) is 9.92. The Balaban J connectivity index is 0.000000216. The van der Waals surface area contributed by atoms with Crippen LogP contribution in [-0.2, 0) is 22.7 Å². The molecule has 39 heavy (non-hydrogen) atoms. The Morgan fingerprint density at radius 3 is 1.56 bits per heavy atom. The van der Waals surface area contributed by atoms with Crippen molar-refractivity contribution in [2.75, 3.05) is 21.3 Å². The van der Waals surface area contributed by atoms with Gasteiger partial charge >= 0.3 is 11.9 Å². The highest BCUT2D eigenvalue weighted by atomic mass is 16.5. The van der Waals surface area contributed by atoms with Gasteiger partial charge in [-0.3, -0.25) is 0 Å². The Kier molecular flexibility index (Phi) is 10.8. The van der Waals surface area contributed by atoms with Gasteiger partial charge in [0.15, 0.2) is 0 Å². The number of ether oxygens (including phenoxy) is 5. The molecule has 0 aliphatic rings. The van der Waals surface area contributed by atoms with Crippen LogP contribution in [0.25, 0.3) is 0 Å². The summed E-state index contributed by atoms with van der Waals surface area (Å²) in [5.74, 6) is 0.384. The Morgan fingerprint density at radius 1 is 0.615 bits per heavy atom. The highest BCUT2D eigenvalue weighted by Gasteiger charge is 2.14. The van der Waals surface area contributed by atoms with Gasteiger partial charge in [0.05, 0.1) is 21.3 Å². The number of phenols is 1. The monoisotopic (exact) mass is 530 g/mol. The van der Waals surface area contributed by atoms with Crippen LogP contribution in [0.1, 0.15) is 31.8 Å². The Morgan fingerprint density at radius 2 is 1.08 bits per heavy atom. The van der Waals surface area contributed by atoms with E-state index < -0.39 is 11.9 Å². The van der Waals surface area contributed by atoms with Gasteiger partial charge in [-0.1, -0.05) is 60.7 Å². The molecular weight excluding hydrogens is 500 g/mol. The quantitative estimate of drug-likeness (QED) is 0.270. The third kappa shape index (κ3) is 8.53. The maximum Gasteiger partial charge on any atom is 0.341 e. The number of benzene rings is 4. The molecule has 0 amide bonds. The lowest BCUT2D eigenvalue weighted by atomic mass is 10.2. The molecule has 0 saturated heterocycles. The SMILES string of the molecule is COC(=O)c1cc(OCc2ccccc2)ccc1O.COC(=O)c1cc(OCc2ccccc2)ccc1OC. The molecule has 0 saturated carbocycles. The molecule has 8 heteroatoms. The largest absolute Gasteiger partial charge is 0.507 e. The van der Waals surface area contributed by atoms with E-state index in [-0.39, 0.29) is 11.3 Å². The zero-order valence-corrected chi connectivity index (χ0v) is 22.0. The van der Waals surface area contributed by atoms with Crippen LogP contribution in [0.15, 0.2) is 97.1 Å². The van der Waals surface area contributed by atoms with Crippen molar-refractivity contribution in [1.29, 1.82) is 0 Å². The summed E-state index contributed by atoms with van der Waals surface area (Å²) < 4.78 is 25.7. The molecule has 0 atom stereocenters. The van der Waals surface area contributed by atoms with E-state index >= 15 is 0 Å². The molecule has 0 aliphatic heterocycles. The first-order chi connectivity index (χ1) is 18.9. The molecule has 0 bridgehead atoms. The summed E-state index contributed by atoms with van der Waals surface area (Å²) in [6, 6.07) is 29.0. The van der Waals surface area contributed by atoms with Crippen molar-refractivity contribution in [2.45, 2.75) is 13.2 Å². The van der Waals surface area contributed by atoms with Crippen LogP contribution in [0.5, 0.6) is 23.0 Å². The lowest BCUT2D eigenvalue weighted by molar-refractivity contribution is 0.0587. The van der Waals surface area contributed by atoms with Gasteiger partial charge in [-0.2, -0.15) is 0 Å². The van der Waals surface area contributed by atoms with E-state index in [1.165, 1.54) is 33.5 Å². The van der Waals surface area contributed by atoms with Crippen molar-refractivity contribution < 1.29 is 38.4 Å².